The van der Waals surface area contributed by atoms with Crippen molar-refractivity contribution in [1.29, 1.82) is 0 Å². The van der Waals surface area contributed by atoms with Gasteiger partial charge in [0.25, 0.3) is 0 Å². The van der Waals surface area contributed by atoms with Crippen LogP contribution in [0.3, 0.4) is 0 Å². The van der Waals surface area contributed by atoms with Gasteiger partial charge in [-0.3, -0.25) is 9.59 Å². The van der Waals surface area contributed by atoms with Crippen molar-refractivity contribution in [2.45, 2.75) is 30.8 Å². The third-order valence-electron chi connectivity index (χ3n) is 5.31. The number of halogens is 1. The number of nitrogens with one attached hydrogen (secondary N) is 1. The highest BCUT2D eigenvalue weighted by Crippen LogP contribution is 2.30. The van der Waals surface area contributed by atoms with Crippen LogP contribution < -0.4 is 5.32 Å². The van der Waals surface area contributed by atoms with Crippen molar-refractivity contribution < 1.29 is 9.59 Å². The summed E-state index contributed by atoms with van der Waals surface area (Å²) in [6.07, 6.45) is 4.16. The number of amides is 2. The Hall–Kier alpha value is -2.44. The van der Waals surface area contributed by atoms with Crippen LogP contribution in [0.4, 0.5) is 0 Å². The summed E-state index contributed by atoms with van der Waals surface area (Å²) >= 11 is 7.63. The van der Waals surface area contributed by atoms with E-state index in [1.807, 2.05) is 64.2 Å². The Morgan fingerprint density at radius 3 is 2.57 bits per heavy atom. The SMILES string of the molecule is O=C(CSc1cn(CC(=O)N2CCCC2)c2ccccc12)NCc1ccccc1Cl. The number of carbonyl (C=O) groups excluding carboxylic acids is 2. The first kappa shape index (κ1) is 20.8. The second kappa shape index (κ2) is 9.58. The number of para-hydroxylation sites is 1. The molecule has 3 aromatic rings. The van der Waals surface area contributed by atoms with Crippen molar-refractivity contribution >= 4 is 46.1 Å². The van der Waals surface area contributed by atoms with Crippen LogP contribution in [-0.4, -0.2) is 40.1 Å². The van der Waals surface area contributed by atoms with Crippen LogP contribution in [0.5, 0.6) is 0 Å². The molecular formula is C23H24ClN3O2S. The van der Waals surface area contributed by atoms with Crippen LogP contribution in [0, 0.1) is 0 Å². The number of rotatable bonds is 7. The van der Waals surface area contributed by atoms with Gasteiger partial charge in [-0.05, 0) is 30.5 Å². The molecule has 1 N–H and O–H groups in total. The third-order valence-corrected chi connectivity index (χ3v) is 6.72. The first-order valence-electron chi connectivity index (χ1n) is 10.1. The lowest BCUT2D eigenvalue weighted by Crippen LogP contribution is -2.30. The minimum absolute atomic E-state index is 0.0510. The Morgan fingerprint density at radius 1 is 1.03 bits per heavy atom. The molecule has 2 aromatic carbocycles. The standard InChI is InChI=1S/C23H24ClN3O2S/c24-19-9-3-1-7-17(19)13-25-22(28)16-30-21-14-27(20-10-4-2-8-18(20)21)15-23(29)26-11-5-6-12-26/h1-4,7-10,14H,5-6,11-13,15-16H2,(H,25,28). The predicted octanol–water partition coefficient (Wildman–Crippen LogP) is 4.33. The molecule has 156 valence electrons. The number of benzene rings is 2. The Kier molecular flexibility index (Phi) is 6.65. The third kappa shape index (κ3) is 4.82. The summed E-state index contributed by atoms with van der Waals surface area (Å²) in [7, 11) is 0. The molecule has 2 heterocycles. The number of hydrogen-bond donors (Lipinski definition) is 1. The van der Waals surface area contributed by atoms with Crippen LogP contribution in [-0.2, 0) is 22.7 Å². The highest BCUT2D eigenvalue weighted by atomic mass is 35.5. The monoisotopic (exact) mass is 441 g/mol. The molecule has 0 spiro atoms. The number of fused-ring (bicyclic) bond motifs is 1. The van der Waals surface area contributed by atoms with E-state index in [-0.39, 0.29) is 11.8 Å². The number of nitrogens with zero attached hydrogens (tertiary/aromatic N) is 2. The molecule has 1 aromatic heterocycles. The van der Waals surface area contributed by atoms with Crippen molar-refractivity contribution in [2.24, 2.45) is 0 Å². The van der Waals surface area contributed by atoms with Gasteiger partial charge < -0.3 is 14.8 Å². The van der Waals surface area contributed by atoms with Gasteiger partial charge in [0.05, 0.1) is 5.75 Å². The molecular weight excluding hydrogens is 418 g/mol. The van der Waals surface area contributed by atoms with E-state index in [1.165, 1.54) is 11.8 Å². The van der Waals surface area contributed by atoms with Crippen LogP contribution in [0.15, 0.2) is 59.6 Å². The second-order valence-corrected chi connectivity index (χ2v) is 8.81. The first-order chi connectivity index (χ1) is 14.6. The largest absolute Gasteiger partial charge is 0.351 e. The van der Waals surface area contributed by atoms with Gasteiger partial charge in [-0.2, -0.15) is 0 Å². The average Bonchev–Trinajstić information content (AvgIpc) is 3.41. The topological polar surface area (TPSA) is 54.3 Å². The lowest BCUT2D eigenvalue weighted by molar-refractivity contribution is -0.130. The lowest BCUT2D eigenvalue weighted by atomic mass is 10.2. The summed E-state index contributed by atoms with van der Waals surface area (Å²) in [4.78, 5) is 27.9. The fourth-order valence-corrected chi connectivity index (χ4v) is 4.82. The summed E-state index contributed by atoms with van der Waals surface area (Å²) in [6.45, 7) is 2.45. The number of aromatic nitrogens is 1. The van der Waals surface area contributed by atoms with Gasteiger partial charge in [0.2, 0.25) is 11.8 Å². The van der Waals surface area contributed by atoms with Gasteiger partial charge in [0.1, 0.15) is 6.54 Å². The summed E-state index contributed by atoms with van der Waals surface area (Å²) in [5.74, 6) is 0.408. The van der Waals surface area contributed by atoms with E-state index in [9.17, 15) is 9.59 Å². The van der Waals surface area contributed by atoms with Gasteiger partial charge in [0, 0.05) is 46.7 Å². The van der Waals surface area contributed by atoms with E-state index in [1.54, 1.807) is 0 Å². The van der Waals surface area contributed by atoms with Crippen molar-refractivity contribution in [1.82, 2.24) is 14.8 Å². The van der Waals surface area contributed by atoms with Crippen LogP contribution >= 0.6 is 23.4 Å². The molecule has 0 aliphatic carbocycles. The Bertz CT molecular complexity index is 1060. The molecule has 1 saturated heterocycles. The van der Waals surface area contributed by atoms with E-state index >= 15 is 0 Å². The molecule has 1 aliphatic heterocycles. The molecule has 2 amide bonds. The lowest BCUT2D eigenvalue weighted by Gasteiger charge is -2.15. The quantitative estimate of drug-likeness (QED) is 0.555. The van der Waals surface area contributed by atoms with Gasteiger partial charge in [-0.1, -0.05) is 48.0 Å². The zero-order chi connectivity index (χ0) is 20.9. The van der Waals surface area contributed by atoms with Gasteiger partial charge >= 0.3 is 0 Å². The van der Waals surface area contributed by atoms with Crippen LogP contribution in [0.25, 0.3) is 10.9 Å². The second-order valence-electron chi connectivity index (χ2n) is 7.38. The Labute approximate surface area is 185 Å². The van der Waals surface area contributed by atoms with E-state index in [0.29, 0.717) is 23.9 Å². The highest BCUT2D eigenvalue weighted by Gasteiger charge is 2.19. The molecule has 5 nitrogen and oxygen atoms in total. The summed E-state index contributed by atoms with van der Waals surface area (Å²) < 4.78 is 2.00. The zero-order valence-corrected chi connectivity index (χ0v) is 18.2. The predicted molar refractivity (Wildman–Crippen MR) is 122 cm³/mol. The average molecular weight is 442 g/mol. The van der Waals surface area contributed by atoms with Gasteiger partial charge in [-0.15, -0.1) is 11.8 Å². The maximum absolute atomic E-state index is 12.6. The normalized spacial score (nSPS) is 13.7. The maximum atomic E-state index is 12.6. The van der Waals surface area contributed by atoms with Crippen molar-refractivity contribution in [2.75, 3.05) is 18.8 Å². The van der Waals surface area contributed by atoms with E-state index in [0.717, 1.165) is 47.3 Å². The van der Waals surface area contributed by atoms with Gasteiger partial charge in [-0.25, -0.2) is 0 Å². The van der Waals surface area contributed by atoms with Crippen molar-refractivity contribution in [3.63, 3.8) is 0 Å². The Balaban J connectivity index is 1.40. The van der Waals surface area contributed by atoms with Gasteiger partial charge in [0.15, 0.2) is 0 Å². The smallest absolute Gasteiger partial charge is 0.242 e. The fourth-order valence-electron chi connectivity index (χ4n) is 3.70. The molecule has 30 heavy (non-hydrogen) atoms. The molecule has 0 atom stereocenters. The van der Waals surface area contributed by atoms with Crippen molar-refractivity contribution in [3.05, 3.63) is 65.3 Å². The van der Waals surface area contributed by atoms with E-state index < -0.39 is 0 Å². The summed E-state index contributed by atoms with van der Waals surface area (Å²) in [5, 5.41) is 4.64. The van der Waals surface area contributed by atoms with E-state index in [2.05, 4.69) is 5.32 Å². The van der Waals surface area contributed by atoms with Crippen LogP contribution in [0.2, 0.25) is 5.02 Å². The molecule has 0 radical (unpaired) electrons. The number of carbonyl (C=O) groups is 2. The molecule has 1 aliphatic rings. The zero-order valence-electron chi connectivity index (χ0n) is 16.6. The number of likely N-dealkylation sites (tertiary alicyclic amines) is 1. The Morgan fingerprint density at radius 2 is 1.77 bits per heavy atom. The minimum atomic E-state index is -0.0510. The molecule has 4 rings (SSSR count). The molecule has 0 bridgehead atoms. The van der Waals surface area contributed by atoms with E-state index in [4.69, 9.17) is 11.6 Å². The van der Waals surface area contributed by atoms with Crippen molar-refractivity contribution in [3.8, 4) is 0 Å². The molecule has 7 heteroatoms. The maximum Gasteiger partial charge on any atom is 0.242 e. The minimum Gasteiger partial charge on any atom is -0.351 e. The number of thioether (sulfide) groups is 1. The van der Waals surface area contributed by atoms with Crippen LogP contribution in [0.1, 0.15) is 18.4 Å². The molecule has 0 saturated carbocycles. The highest BCUT2D eigenvalue weighted by molar-refractivity contribution is 8.00. The molecule has 0 unspecified atom stereocenters. The number of hydrogen-bond acceptors (Lipinski definition) is 3. The summed E-state index contributed by atoms with van der Waals surface area (Å²) in [6, 6.07) is 15.5. The first-order valence-corrected chi connectivity index (χ1v) is 11.5. The fraction of sp³-hybridized carbons (Fsp3) is 0.304. The summed E-state index contributed by atoms with van der Waals surface area (Å²) in [5.41, 5.74) is 1.92. The molecule has 1 fully saturated rings.